The van der Waals surface area contributed by atoms with E-state index in [4.69, 9.17) is 5.11 Å². The Labute approximate surface area is 131 Å². The summed E-state index contributed by atoms with van der Waals surface area (Å²) in [5, 5.41) is 9.05. The molecule has 0 aliphatic heterocycles. The normalized spacial score (nSPS) is 13.3. The number of rotatable bonds is 8. The van der Waals surface area contributed by atoms with Gasteiger partial charge >= 0.3 is 12.6 Å². The maximum Gasteiger partial charge on any atom is 0.387 e. The van der Waals surface area contributed by atoms with Gasteiger partial charge < -0.3 is 9.84 Å². The first-order chi connectivity index (χ1) is 10.5. The van der Waals surface area contributed by atoms with Gasteiger partial charge in [-0.1, -0.05) is 13.8 Å². The van der Waals surface area contributed by atoms with Crippen LogP contribution in [-0.4, -0.2) is 32.1 Å². The number of halogens is 3. The van der Waals surface area contributed by atoms with E-state index in [1.165, 1.54) is 0 Å². The lowest BCUT2D eigenvalue weighted by atomic mass is 10.1. The Morgan fingerprint density at radius 1 is 1.35 bits per heavy atom. The van der Waals surface area contributed by atoms with Crippen LogP contribution in [0, 0.1) is 11.7 Å². The maximum atomic E-state index is 13.3. The predicted octanol–water partition coefficient (Wildman–Crippen LogP) is 2.20. The molecule has 0 spiro atoms. The van der Waals surface area contributed by atoms with E-state index in [-0.39, 0.29) is 12.3 Å². The third-order valence-corrected chi connectivity index (χ3v) is 4.21. The van der Waals surface area contributed by atoms with Crippen LogP contribution >= 0.6 is 0 Å². The highest BCUT2D eigenvalue weighted by Crippen LogP contribution is 2.26. The summed E-state index contributed by atoms with van der Waals surface area (Å²) in [5.74, 6) is -3.36. The second-order valence-corrected chi connectivity index (χ2v) is 6.79. The number of aliphatic carboxylic acids is 1. The van der Waals surface area contributed by atoms with E-state index in [1.54, 1.807) is 13.8 Å². The quantitative estimate of drug-likeness (QED) is 0.746. The maximum absolute atomic E-state index is 13.3. The summed E-state index contributed by atoms with van der Waals surface area (Å²) in [6.45, 7) is 0.0375. The Balaban J connectivity index is 3.21. The number of ether oxygens (including phenoxy) is 1. The zero-order valence-corrected chi connectivity index (χ0v) is 13.1. The molecule has 2 N–H and O–H groups in total. The molecule has 23 heavy (non-hydrogen) atoms. The Bertz CT molecular complexity index is 664. The van der Waals surface area contributed by atoms with Gasteiger partial charge in [0.2, 0.25) is 10.0 Å². The molecule has 0 saturated carbocycles. The molecule has 0 heterocycles. The molecule has 6 nitrogen and oxygen atoms in total. The van der Waals surface area contributed by atoms with Gasteiger partial charge in [-0.15, -0.1) is 0 Å². The zero-order valence-electron chi connectivity index (χ0n) is 12.3. The molecule has 0 fully saturated rings. The molecule has 0 unspecified atom stereocenters. The van der Waals surface area contributed by atoms with Crippen molar-refractivity contribution < 1.29 is 36.2 Å². The molecular weight excluding hydrogens is 339 g/mol. The number of carbonyl (C=O) groups is 1. The van der Waals surface area contributed by atoms with E-state index < -0.39 is 45.1 Å². The lowest BCUT2D eigenvalue weighted by Crippen LogP contribution is -2.41. The first-order valence-corrected chi connectivity index (χ1v) is 8.00. The molecule has 0 aromatic heterocycles. The number of alkyl halides is 2. The number of nitrogens with one attached hydrogen (secondary N) is 1. The molecule has 1 rings (SSSR count). The number of carboxylic acid groups (broad SMARTS) is 1. The van der Waals surface area contributed by atoms with Crippen LogP contribution in [0.3, 0.4) is 0 Å². The summed E-state index contributed by atoms with van der Waals surface area (Å²) in [4.78, 5) is 10.2. The molecule has 1 atom stereocenters. The second-order valence-electron chi connectivity index (χ2n) is 5.11. The van der Waals surface area contributed by atoms with E-state index >= 15 is 0 Å². The molecule has 1 aromatic rings. The molecule has 1 aromatic carbocycles. The summed E-state index contributed by atoms with van der Waals surface area (Å²) >= 11 is 0. The van der Waals surface area contributed by atoms with Crippen molar-refractivity contribution in [1.29, 1.82) is 0 Å². The van der Waals surface area contributed by atoms with Crippen LogP contribution in [0.1, 0.15) is 20.3 Å². The Hall–Kier alpha value is -1.81. The van der Waals surface area contributed by atoms with Crippen LogP contribution in [0.2, 0.25) is 0 Å². The van der Waals surface area contributed by atoms with E-state index in [0.29, 0.717) is 6.07 Å². The molecule has 0 radical (unpaired) electrons. The van der Waals surface area contributed by atoms with Crippen LogP contribution in [0.25, 0.3) is 0 Å². The van der Waals surface area contributed by atoms with Gasteiger partial charge in [0.1, 0.15) is 22.5 Å². The monoisotopic (exact) mass is 355 g/mol. The minimum Gasteiger partial charge on any atom is -0.480 e. The van der Waals surface area contributed by atoms with Crippen molar-refractivity contribution in [2.24, 2.45) is 5.92 Å². The minimum absolute atomic E-state index is 0.0328. The van der Waals surface area contributed by atoms with Gasteiger partial charge in [0.05, 0.1) is 0 Å². The molecule has 0 aliphatic carbocycles. The van der Waals surface area contributed by atoms with Gasteiger partial charge in [-0.25, -0.2) is 12.8 Å². The Kier molecular flexibility index (Phi) is 6.39. The van der Waals surface area contributed by atoms with Crippen LogP contribution in [-0.2, 0) is 14.8 Å². The van der Waals surface area contributed by atoms with Crippen molar-refractivity contribution in [1.82, 2.24) is 4.72 Å². The number of hydrogen-bond donors (Lipinski definition) is 2. The van der Waals surface area contributed by atoms with Gasteiger partial charge in [0.15, 0.2) is 0 Å². The first-order valence-electron chi connectivity index (χ1n) is 6.52. The Morgan fingerprint density at radius 2 is 1.96 bits per heavy atom. The molecular formula is C13H16F3NO5S. The molecule has 130 valence electrons. The third-order valence-electron chi connectivity index (χ3n) is 2.71. The number of sulfonamides is 1. The summed E-state index contributed by atoms with van der Waals surface area (Å²) in [6, 6.07) is 0.477. The highest BCUT2D eigenvalue weighted by atomic mass is 32.2. The van der Waals surface area contributed by atoms with Crippen molar-refractivity contribution in [2.75, 3.05) is 0 Å². The fraction of sp³-hybridized carbons (Fsp3) is 0.462. The van der Waals surface area contributed by atoms with Gasteiger partial charge in [0, 0.05) is 0 Å². The number of benzene rings is 1. The second kappa shape index (κ2) is 7.64. The van der Waals surface area contributed by atoms with Crippen LogP contribution in [0.4, 0.5) is 13.2 Å². The van der Waals surface area contributed by atoms with Crippen molar-refractivity contribution in [3.63, 3.8) is 0 Å². The highest BCUT2D eigenvalue weighted by Gasteiger charge is 2.29. The molecule has 0 aliphatic rings. The predicted molar refractivity (Wildman–Crippen MR) is 74.2 cm³/mol. The van der Waals surface area contributed by atoms with Crippen LogP contribution in [0.5, 0.6) is 5.75 Å². The third kappa shape index (κ3) is 5.71. The highest BCUT2D eigenvalue weighted by molar-refractivity contribution is 7.89. The number of carboxylic acids is 1. The van der Waals surface area contributed by atoms with Gasteiger partial charge in [-0.2, -0.15) is 13.5 Å². The average molecular weight is 355 g/mol. The van der Waals surface area contributed by atoms with Crippen LogP contribution in [0.15, 0.2) is 23.1 Å². The van der Waals surface area contributed by atoms with Crippen molar-refractivity contribution in [2.45, 2.75) is 37.8 Å². The zero-order chi connectivity index (χ0) is 17.8. The van der Waals surface area contributed by atoms with Gasteiger partial charge in [0.25, 0.3) is 0 Å². The molecule has 0 saturated heterocycles. The first kappa shape index (κ1) is 19.2. The van der Waals surface area contributed by atoms with Crippen molar-refractivity contribution in [3.8, 4) is 5.75 Å². The molecule has 0 bridgehead atoms. The van der Waals surface area contributed by atoms with Crippen molar-refractivity contribution >= 4 is 16.0 Å². The standard InChI is InChI=1S/C13H16F3NO5S/c1-7(2)5-9(12(18)19)17-23(20,21)11-6-8(14)3-4-10(11)22-13(15)16/h3-4,6-7,9,13,17H,5H2,1-2H3,(H,18,19)/t9-/m1/s1. The fourth-order valence-corrected chi connectivity index (χ4v) is 3.15. The van der Waals surface area contributed by atoms with E-state index in [2.05, 4.69) is 4.74 Å². The minimum atomic E-state index is -4.58. The van der Waals surface area contributed by atoms with E-state index in [1.807, 2.05) is 4.72 Å². The molecule has 0 amide bonds. The lowest BCUT2D eigenvalue weighted by molar-refractivity contribution is -0.139. The lowest BCUT2D eigenvalue weighted by Gasteiger charge is -2.18. The summed E-state index contributed by atoms with van der Waals surface area (Å²) in [5.41, 5.74) is 0. The molecule has 10 heteroatoms. The average Bonchev–Trinajstić information content (AvgIpc) is 2.38. The summed E-state index contributed by atoms with van der Waals surface area (Å²) < 4.78 is 68.3. The van der Waals surface area contributed by atoms with Gasteiger partial charge in [-0.05, 0) is 30.5 Å². The van der Waals surface area contributed by atoms with Crippen molar-refractivity contribution in [3.05, 3.63) is 24.0 Å². The Morgan fingerprint density at radius 3 is 2.43 bits per heavy atom. The van der Waals surface area contributed by atoms with Crippen LogP contribution < -0.4 is 9.46 Å². The number of hydrogen-bond acceptors (Lipinski definition) is 4. The fourth-order valence-electron chi connectivity index (χ4n) is 1.81. The van der Waals surface area contributed by atoms with E-state index in [9.17, 15) is 26.4 Å². The van der Waals surface area contributed by atoms with E-state index in [0.717, 1.165) is 12.1 Å². The smallest absolute Gasteiger partial charge is 0.387 e. The summed E-state index contributed by atoms with van der Waals surface area (Å²) in [6.07, 6.45) is -0.0328. The topological polar surface area (TPSA) is 92.7 Å². The van der Waals surface area contributed by atoms with Gasteiger partial charge in [-0.3, -0.25) is 4.79 Å². The SMILES string of the molecule is CC(C)C[C@@H](NS(=O)(=O)c1cc(F)ccc1OC(F)F)C(=O)O. The largest absolute Gasteiger partial charge is 0.480 e. The summed E-state index contributed by atoms with van der Waals surface area (Å²) in [7, 11) is -4.58.